The van der Waals surface area contributed by atoms with Crippen molar-refractivity contribution in [3.8, 4) is 11.5 Å². The van der Waals surface area contributed by atoms with Crippen molar-refractivity contribution in [2.45, 2.75) is 83.7 Å². The quantitative estimate of drug-likeness (QED) is 0.148. The predicted octanol–water partition coefficient (Wildman–Crippen LogP) is 8.01. The number of benzene rings is 2. The Bertz CT molecular complexity index is 864. The van der Waals surface area contributed by atoms with E-state index in [9.17, 15) is 4.79 Å². The van der Waals surface area contributed by atoms with E-state index < -0.39 is 0 Å². The summed E-state index contributed by atoms with van der Waals surface area (Å²) in [7, 11) is 0. The Labute approximate surface area is 211 Å². The summed E-state index contributed by atoms with van der Waals surface area (Å²) in [5, 5.41) is 0. The highest BCUT2D eigenvalue weighted by molar-refractivity contribution is 5.81. The highest BCUT2D eigenvalue weighted by atomic mass is 16.5. The summed E-state index contributed by atoms with van der Waals surface area (Å²) in [4.78, 5) is 11.0. The third-order valence-electron chi connectivity index (χ3n) is 6.94. The van der Waals surface area contributed by atoms with Crippen molar-refractivity contribution in [2.75, 3.05) is 13.2 Å². The third-order valence-corrected chi connectivity index (χ3v) is 6.94. The topological polar surface area (TPSA) is 44.8 Å². The van der Waals surface area contributed by atoms with E-state index in [0.29, 0.717) is 25.7 Å². The monoisotopic (exact) mass is 478 g/mol. The molecule has 0 radical (unpaired) electrons. The number of ether oxygens (including phenoxy) is 3. The molecule has 0 bridgehead atoms. The lowest BCUT2D eigenvalue weighted by atomic mass is 9.77. The predicted molar refractivity (Wildman–Crippen MR) is 142 cm³/mol. The molecule has 0 atom stereocenters. The average Bonchev–Trinajstić information content (AvgIpc) is 2.90. The van der Waals surface area contributed by atoms with Crippen LogP contribution in [0.25, 0.3) is 0 Å². The normalized spacial score (nSPS) is 17.5. The zero-order valence-corrected chi connectivity index (χ0v) is 21.4. The van der Waals surface area contributed by atoms with Gasteiger partial charge in [0, 0.05) is 6.08 Å². The lowest BCUT2D eigenvalue weighted by molar-refractivity contribution is -0.137. The molecule has 2 aromatic carbocycles. The molecule has 4 nitrogen and oxygen atoms in total. The number of unbranched alkanes of at least 4 members (excludes halogenated alkanes) is 3. The molecule has 1 saturated carbocycles. The molecule has 2 aromatic rings. The minimum absolute atomic E-state index is 0.352. The van der Waals surface area contributed by atoms with E-state index in [2.05, 4.69) is 49.9 Å². The first kappa shape index (κ1) is 26.8. The van der Waals surface area contributed by atoms with E-state index in [1.54, 1.807) is 0 Å². The maximum absolute atomic E-state index is 11.0. The number of hydrogen-bond donors (Lipinski definition) is 0. The van der Waals surface area contributed by atoms with Gasteiger partial charge in [0.25, 0.3) is 0 Å². The standard InChI is InChI=1S/C31H42O4/c1-3-9-25-10-14-27(15-11-25)28-16-20-30(21-17-28)35-24-26-12-18-29(19-13-26)33-22-7-5-6-8-23-34-31(32)4-2/h4,12-13,16-21,25,27H,2-3,5-11,14-15,22-24H2,1H3. The van der Waals surface area contributed by atoms with Crippen LogP contribution in [0.4, 0.5) is 0 Å². The molecule has 1 aliphatic carbocycles. The van der Waals surface area contributed by atoms with Gasteiger partial charge in [-0.05, 0) is 98.6 Å². The van der Waals surface area contributed by atoms with Crippen molar-refractivity contribution in [3.05, 3.63) is 72.3 Å². The average molecular weight is 479 g/mol. The van der Waals surface area contributed by atoms with Gasteiger partial charge in [-0.15, -0.1) is 0 Å². The fourth-order valence-corrected chi connectivity index (χ4v) is 4.86. The highest BCUT2D eigenvalue weighted by Gasteiger charge is 2.21. The van der Waals surface area contributed by atoms with Crippen molar-refractivity contribution in [2.24, 2.45) is 5.92 Å². The molecule has 3 rings (SSSR count). The Hall–Kier alpha value is -2.75. The van der Waals surface area contributed by atoms with Crippen LogP contribution in [-0.4, -0.2) is 19.2 Å². The summed E-state index contributed by atoms with van der Waals surface area (Å²) in [5.41, 5.74) is 2.59. The van der Waals surface area contributed by atoms with Crippen LogP contribution in [0.3, 0.4) is 0 Å². The minimum atomic E-state index is -0.352. The maximum atomic E-state index is 11.0. The number of carbonyl (C=O) groups excluding carboxylic acids is 1. The van der Waals surface area contributed by atoms with Gasteiger partial charge in [-0.2, -0.15) is 0 Å². The first-order valence-corrected chi connectivity index (χ1v) is 13.4. The number of hydrogen-bond acceptors (Lipinski definition) is 4. The van der Waals surface area contributed by atoms with Crippen LogP contribution in [0.2, 0.25) is 0 Å². The zero-order valence-electron chi connectivity index (χ0n) is 21.4. The number of carbonyl (C=O) groups is 1. The van der Waals surface area contributed by atoms with Gasteiger partial charge in [0.2, 0.25) is 0 Å². The fraction of sp³-hybridized carbons (Fsp3) is 0.516. The van der Waals surface area contributed by atoms with Crippen molar-refractivity contribution < 1.29 is 19.0 Å². The highest BCUT2D eigenvalue weighted by Crippen LogP contribution is 2.37. The SMILES string of the molecule is C=CC(=O)OCCCCCCOc1ccc(COc2ccc(C3CCC(CCC)CC3)cc2)cc1. The zero-order chi connectivity index (χ0) is 24.7. The van der Waals surface area contributed by atoms with Crippen LogP contribution in [0.1, 0.15) is 88.2 Å². The Morgan fingerprint density at radius 2 is 1.49 bits per heavy atom. The molecule has 0 saturated heterocycles. The van der Waals surface area contributed by atoms with Crippen LogP contribution in [0.5, 0.6) is 11.5 Å². The number of esters is 1. The Kier molecular flexibility index (Phi) is 11.7. The second-order valence-electron chi connectivity index (χ2n) is 9.64. The first-order valence-electron chi connectivity index (χ1n) is 13.4. The van der Waals surface area contributed by atoms with Gasteiger partial charge in [-0.25, -0.2) is 4.79 Å². The molecule has 190 valence electrons. The molecule has 0 N–H and O–H groups in total. The second kappa shape index (κ2) is 15.3. The van der Waals surface area contributed by atoms with Gasteiger partial charge in [0.1, 0.15) is 18.1 Å². The van der Waals surface area contributed by atoms with E-state index >= 15 is 0 Å². The maximum Gasteiger partial charge on any atom is 0.330 e. The molecule has 0 spiro atoms. The van der Waals surface area contributed by atoms with Crippen LogP contribution < -0.4 is 9.47 Å². The second-order valence-corrected chi connectivity index (χ2v) is 9.64. The Morgan fingerprint density at radius 1 is 0.857 bits per heavy atom. The van der Waals surface area contributed by atoms with Crippen LogP contribution in [0.15, 0.2) is 61.2 Å². The van der Waals surface area contributed by atoms with Crippen molar-refractivity contribution >= 4 is 5.97 Å². The summed E-state index contributed by atoms with van der Waals surface area (Å²) >= 11 is 0. The van der Waals surface area contributed by atoms with Crippen LogP contribution in [-0.2, 0) is 16.1 Å². The van der Waals surface area contributed by atoms with E-state index in [1.807, 2.05) is 12.1 Å². The summed E-state index contributed by atoms with van der Waals surface area (Å²) in [6, 6.07) is 16.9. The van der Waals surface area contributed by atoms with Crippen LogP contribution >= 0.6 is 0 Å². The van der Waals surface area contributed by atoms with Crippen molar-refractivity contribution in [1.82, 2.24) is 0 Å². The van der Waals surface area contributed by atoms with E-state index in [0.717, 1.165) is 48.7 Å². The van der Waals surface area contributed by atoms with Gasteiger partial charge in [0.05, 0.1) is 13.2 Å². The molecule has 0 amide bonds. The van der Waals surface area contributed by atoms with E-state index in [-0.39, 0.29) is 5.97 Å². The largest absolute Gasteiger partial charge is 0.494 e. The van der Waals surface area contributed by atoms with Crippen molar-refractivity contribution in [1.29, 1.82) is 0 Å². The molecule has 0 aliphatic heterocycles. The van der Waals surface area contributed by atoms with Gasteiger partial charge < -0.3 is 14.2 Å². The molecule has 1 fully saturated rings. The molecular formula is C31H42O4. The first-order chi connectivity index (χ1) is 17.2. The van der Waals surface area contributed by atoms with Crippen LogP contribution in [0, 0.1) is 5.92 Å². The lowest BCUT2D eigenvalue weighted by Gasteiger charge is -2.28. The van der Waals surface area contributed by atoms with Gasteiger partial charge in [0.15, 0.2) is 0 Å². The molecule has 1 aliphatic rings. The van der Waals surface area contributed by atoms with E-state index in [4.69, 9.17) is 14.2 Å². The Balaban J connectivity index is 1.29. The smallest absolute Gasteiger partial charge is 0.330 e. The summed E-state index contributed by atoms with van der Waals surface area (Å²) in [5.74, 6) is 3.12. The molecule has 4 heteroatoms. The summed E-state index contributed by atoms with van der Waals surface area (Å²) in [6.45, 7) is 7.38. The summed E-state index contributed by atoms with van der Waals surface area (Å²) < 4.78 is 16.8. The molecule has 0 heterocycles. The van der Waals surface area contributed by atoms with E-state index in [1.165, 1.54) is 50.2 Å². The lowest BCUT2D eigenvalue weighted by Crippen LogP contribution is -2.13. The summed E-state index contributed by atoms with van der Waals surface area (Å²) in [6.07, 6.45) is 13.2. The van der Waals surface area contributed by atoms with Gasteiger partial charge in [-0.1, -0.05) is 50.6 Å². The molecular weight excluding hydrogens is 436 g/mol. The van der Waals surface area contributed by atoms with Crippen molar-refractivity contribution in [3.63, 3.8) is 0 Å². The van der Waals surface area contributed by atoms with Gasteiger partial charge in [-0.3, -0.25) is 0 Å². The minimum Gasteiger partial charge on any atom is -0.494 e. The molecule has 0 aromatic heterocycles. The third kappa shape index (κ3) is 9.79. The molecule has 35 heavy (non-hydrogen) atoms. The fourth-order valence-electron chi connectivity index (χ4n) is 4.86. The number of rotatable bonds is 15. The van der Waals surface area contributed by atoms with Gasteiger partial charge >= 0.3 is 5.97 Å². The molecule has 0 unspecified atom stereocenters. The Morgan fingerprint density at radius 3 is 2.14 bits per heavy atom.